The molecule has 0 atom stereocenters. The molecule has 0 spiro atoms. The van der Waals surface area contributed by atoms with Gasteiger partial charge < -0.3 is 5.73 Å². The summed E-state index contributed by atoms with van der Waals surface area (Å²) in [4.78, 5) is 0. The van der Waals surface area contributed by atoms with E-state index in [2.05, 4.69) is 0 Å². The minimum absolute atomic E-state index is 0.176. The fourth-order valence-corrected chi connectivity index (χ4v) is 1.32. The Hall–Kier alpha value is -0.860. The van der Waals surface area contributed by atoms with E-state index in [0.717, 1.165) is 6.42 Å². The predicted octanol–water partition coefficient (Wildman–Crippen LogP) is 2.93. The zero-order valence-electron chi connectivity index (χ0n) is 7.84. The van der Waals surface area contributed by atoms with Crippen molar-refractivity contribution in [3.8, 4) is 0 Å². The second-order valence-electron chi connectivity index (χ2n) is 2.97. The van der Waals surface area contributed by atoms with Crippen molar-refractivity contribution in [2.24, 2.45) is 5.73 Å². The summed E-state index contributed by atoms with van der Waals surface area (Å²) >= 11 is 5.63. The zero-order valence-corrected chi connectivity index (χ0v) is 8.60. The minimum atomic E-state index is -0.327. The lowest BCUT2D eigenvalue weighted by molar-refractivity contribution is 0.615. The van der Waals surface area contributed by atoms with Crippen LogP contribution in [0.15, 0.2) is 30.4 Å². The van der Waals surface area contributed by atoms with Crippen LogP contribution in [0.25, 0.3) is 0 Å². The van der Waals surface area contributed by atoms with Crippen LogP contribution in [-0.2, 0) is 6.42 Å². The van der Waals surface area contributed by atoms with Gasteiger partial charge in [-0.05, 0) is 31.0 Å². The summed E-state index contributed by atoms with van der Waals surface area (Å²) in [5.41, 5.74) is 5.93. The SMILES string of the molecule is NCC/C=C/Cc1cccc(Cl)c1F. The second-order valence-corrected chi connectivity index (χ2v) is 3.37. The molecular weight excluding hydrogens is 201 g/mol. The first-order valence-electron chi connectivity index (χ1n) is 4.53. The fraction of sp³-hybridized carbons (Fsp3) is 0.273. The summed E-state index contributed by atoms with van der Waals surface area (Å²) < 4.78 is 13.3. The van der Waals surface area contributed by atoms with E-state index in [0.29, 0.717) is 18.5 Å². The van der Waals surface area contributed by atoms with Gasteiger partial charge in [0.05, 0.1) is 5.02 Å². The second kappa shape index (κ2) is 5.78. The summed E-state index contributed by atoms with van der Waals surface area (Å²) in [5, 5.41) is 0.176. The van der Waals surface area contributed by atoms with Crippen molar-refractivity contribution in [3.63, 3.8) is 0 Å². The molecule has 0 amide bonds. The van der Waals surface area contributed by atoms with E-state index >= 15 is 0 Å². The van der Waals surface area contributed by atoms with E-state index in [-0.39, 0.29) is 10.8 Å². The normalized spacial score (nSPS) is 11.1. The van der Waals surface area contributed by atoms with Crippen LogP contribution >= 0.6 is 11.6 Å². The maximum absolute atomic E-state index is 13.3. The lowest BCUT2D eigenvalue weighted by atomic mass is 10.1. The summed E-state index contributed by atoms with van der Waals surface area (Å²) in [5.74, 6) is -0.327. The van der Waals surface area contributed by atoms with Crippen molar-refractivity contribution in [2.45, 2.75) is 12.8 Å². The van der Waals surface area contributed by atoms with E-state index < -0.39 is 0 Å². The van der Waals surface area contributed by atoms with Crippen molar-refractivity contribution in [1.29, 1.82) is 0 Å². The molecule has 1 rings (SSSR count). The molecule has 1 aromatic rings. The summed E-state index contributed by atoms with van der Waals surface area (Å²) in [7, 11) is 0. The van der Waals surface area contributed by atoms with E-state index in [1.807, 2.05) is 12.2 Å². The van der Waals surface area contributed by atoms with Gasteiger partial charge in [-0.15, -0.1) is 0 Å². The fourth-order valence-electron chi connectivity index (χ4n) is 1.13. The van der Waals surface area contributed by atoms with Crippen molar-refractivity contribution in [2.75, 3.05) is 6.54 Å². The first kappa shape index (κ1) is 11.2. The van der Waals surface area contributed by atoms with E-state index in [1.54, 1.807) is 18.2 Å². The van der Waals surface area contributed by atoms with Gasteiger partial charge in [0.15, 0.2) is 0 Å². The minimum Gasteiger partial charge on any atom is -0.330 e. The molecule has 0 saturated heterocycles. The van der Waals surface area contributed by atoms with Gasteiger partial charge in [-0.3, -0.25) is 0 Å². The molecular formula is C11H13ClFN. The molecule has 0 aromatic heterocycles. The number of allylic oxidation sites excluding steroid dienone is 1. The number of rotatable bonds is 4. The van der Waals surface area contributed by atoms with Crippen molar-refractivity contribution in [3.05, 3.63) is 46.8 Å². The van der Waals surface area contributed by atoms with Gasteiger partial charge in [0.2, 0.25) is 0 Å². The maximum Gasteiger partial charge on any atom is 0.145 e. The molecule has 2 N–H and O–H groups in total. The molecule has 0 aliphatic carbocycles. The number of hydrogen-bond acceptors (Lipinski definition) is 1. The molecule has 0 fully saturated rings. The van der Waals surface area contributed by atoms with Crippen LogP contribution in [0, 0.1) is 5.82 Å². The van der Waals surface area contributed by atoms with Crippen LogP contribution < -0.4 is 5.73 Å². The van der Waals surface area contributed by atoms with Crippen LogP contribution in [0.4, 0.5) is 4.39 Å². The number of hydrogen-bond donors (Lipinski definition) is 1. The summed E-state index contributed by atoms with van der Waals surface area (Å²) in [6.07, 6.45) is 5.23. The first-order valence-corrected chi connectivity index (χ1v) is 4.91. The van der Waals surface area contributed by atoms with Gasteiger partial charge in [0, 0.05) is 0 Å². The third-order valence-electron chi connectivity index (χ3n) is 1.87. The van der Waals surface area contributed by atoms with E-state index in [1.165, 1.54) is 0 Å². The quantitative estimate of drug-likeness (QED) is 0.765. The van der Waals surface area contributed by atoms with E-state index in [9.17, 15) is 4.39 Å². The lowest BCUT2D eigenvalue weighted by Crippen LogP contribution is -1.95. The molecule has 0 aliphatic rings. The average Bonchev–Trinajstić information content (AvgIpc) is 2.19. The molecule has 76 valence electrons. The molecule has 3 heteroatoms. The van der Waals surface area contributed by atoms with Crippen LogP contribution in [0.5, 0.6) is 0 Å². The monoisotopic (exact) mass is 213 g/mol. The number of halogens is 2. The standard InChI is InChI=1S/C11H13ClFN/c12-10-7-4-6-9(11(10)13)5-2-1-3-8-14/h1-2,4,6-7H,3,5,8,14H2/b2-1+. The lowest BCUT2D eigenvalue weighted by Gasteiger charge is -2.00. The molecule has 14 heavy (non-hydrogen) atoms. The van der Waals surface area contributed by atoms with Crippen LogP contribution in [0.1, 0.15) is 12.0 Å². The topological polar surface area (TPSA) is 26.0 Å². The summed E-state index contributed by atoms with van der Waals surface area (Å²) in [6.45, 7) is 0.620. The smallest absolute Gasteiger partial charge is 0.145 e. The molecule has 0 unspecified atom stereocenters. The Balaban J connectivity index is 2.63. The van der Waals surface area contributed by atoms with Gasteiger partial charge in [0.25, 0.3) is 0 Å². The Labute approximate surface area is 88.4 Å². The van der Waals surface area contributed by atoms with Gasteiger partial charge in [0.1, 0.15) is 5.82 Å². The zero-order chi connectivity index (χ0) is 10.4. The van der Waals surface area contributed by atoms with Crippen LogP contribution in [0.3, 0.4) is 0 Å². The molecule has 0 bridgehead atoms. The first-order chi connectivity index (χ1) is 6.75. The third-order valence-corrected chi connectivity index (χ3v) is 2.16. The Morgan fingerprint density at radius 3 is 2.86 bits per heavy atom. The van der Waals surface area contributed by atoms with Crippen molar-refractivity contribution < 1.29 is 4.39 Å². The van der Waals surface area contributed by atoms with Gasteiger partial charge >= 0.3 is 0 Å². The summed E-state index contributed by atoms with van der Waals surface area (Å²) in [6, 6.07) is 5.02. The average molecular weight is 214 g/mol. The van der Waals surface area contributed by atoms with Gasteiger partial charge in [-0.1, -0.05) is 35.9 Å². The van der Waals surface area contributed by atoms with Crippen molar-refractivity contribution in [1.82, 2.24) is 0 Å². The maximum atomic E-state index is 13.3. The Kier molecular flexibility index (Phi) is 4.63. The van der Waals surface area contributed by atoms with Crippen LogP contribution in [0.2, 0.25) is 5.02 Å². The third kappa shape index (κ3) is 3.13. The Bertz CT molecular complexity index is 323. The molecule has 0 radical (unpaired) electrons. The van der Waals surface area contributed by atoms with Crippen molar-refractivity contribution >= 4 is 11.6 Å². The number of nitrogens with two attached hydrogens (primary N) is 1. The van der Waals surface area contributed by atoms with Crippen LogP contribution in [-0.4, -0.2) is 6.54 Å². The highest BCUT2D eigenvalue weighted by Gasteiger charge is 2.03. The highest BCUT2D eigenvalue weighted by atomic mass is 35.5. The van der Waals surface area contributed by atoms with Gasteiger partial charge in [-0.25, -0.2) is 4.39 Å². The highest BCUT2D eigenvalue weighted by Crippen LogP contribution is 2.18. The highest BCUT2D eigenvalue weighted by molar-refractivity contribution is 6.30. The molecule has 1 nitrogen and oxygen atoms in total. The van der Waals surface area contributed by atoms with Gasteiger partial charge in [-0.2, -0.15) is 0 Å². The Morgan fingerprint density at radius 1 is 1.36 bits per heavy atom. The largest absolute Gasteiger partial charge is 0.330 e. The molecule has 0 saturated carbocycles. The number of benzene rings is 1. The Morgan fingerprint density at radius 2 is 2.14 bits per heavy atom. The predicted molar refractivity (Wildman–Crippen MR) is 57.9 cm³/mol. The molecule has 1 aromatic carbocycles. The van der Waals surface area contributed by atoms with E-state index in [4.69, 9.17) is 17.3 Å². The molecule has 0 heterocycles. The molecule has 0 aliphatic heterocycles.